The van der Waals surface area contributed by atoms with Crippen LogP contribution in [0.4, 0.5) is 0 Å². The Morgan fingerprint density at radius 3 is 2.26 bits per heavy atom. The van der Waals surface area contributed by atoms with Crippen molar-refractivity contribution in [1.82, 2.24) is 9.80 Å². The number of ether oxygens (including phenoxy) is 1. The van der Waals surface area contributed by atoms with Gasteiger partial charge in [0.1, 0.15) is 0 Å². The van der Waals surface area contributed by atoms with Gasteiger partial charge in [-0.05, 0) is 45.2 Å². The van der Waals surface area contributed by atoms with E-state index < -0.39 is 0 Å². The Kier molecular flexibility index (Phi) is 5.19. The first-order valence-corrected chi connectivity index (χ1v) is 7.28. The average molecular weight is 268 g/mol. The van der Waals surface area contributed by atoms with Crippen molar-refractivity contribution in [3.8, 4) is 0 Å². The molecule has 5 nitrogen and oxygen atoms in total. The van der Waals surface area contributed by atoms with Gasteiger partial charge in [0.05, 0.1) is 19.6 Å². The number of hydrogen-bond acceptors (Lipinski definition) is 4. The molecule has 5 heteroatoms. The van der Waals surface area contributed by atoms with Crippen molar-refractivity contribution in [2.24, 2.45) is 5.92 Å². The molecular weight excluding hydrogens is 244 g/mol. The first kappa shape index (κ1) is 14.3. The lowest BCUT2D eigenvalue weighted by Gasteiger charge is -2.33. The number of methoxy groups -OCH3 is 1. The van der Waals surface area contributed by atoms with E-state index in [1.165, 1.54) is 13.5 Å². The molecule has 0 unspecified atom stereocenters. The first-order valence-electron chi connectivity index (χ1n) is 7.28. The van der Waals surface area contributed by atoms with Gasteiger partial charge in [0.2, 0.25) is 5.91 Å². The molecule has 0 aliphatic carbocycles. The third-order valence-corrected chi connectivity index (χ3v) is 4.19. The second-order valence-corrected chi connectivity index (χ2v) is 5.52. The lowest BCUT2D eigenvalue weighted by molar-refractivity contribution is -0.147. The molecule has 0 radical (unpaired) electrons. The first-order chi connectivity index (χ1) is 9.20. The van der Waals surface area contributed by atoms with Gasteiger partial charge in [-0.3, -0.25) is 14.5 Å². The Labute approximate surface area is 114 Å². The molecule has 0 N–H and O–H groups in total. The molecule has 0 atom stereocenters. The van der Waals surface area contributed by atoms with Crippen molar-refractivity contribution in [1.29, 1.82) is 0 Å². The zero-order valence-corrected chi connectivity index (χ0v) is 11.8. The summed E-state index contributed by atoms with van der Waals surface area (Å²) in [6.07, 6.45) is 5.13. The van der Waals surface area contributed by atoms with Gasteiger partial charge in [-0.1, -0.05) is 0 Å². The Morgan fingerprint density at radius 1 is 1.05 bits per heavy atom. The molecule has 0 aromatic heterocycles. The number of nitrogens with zero attached hydrogens (tertiary/aromatic N) is 2. The summed E-state index contributed by atoms with van der Waals surface area (Å²) >= 11 is 0. The Hall–Kier alpha value is -1.10. The second kappa shape index (κ2) is 6.89. The van der Waals surface area contributed by atoms with Crippen LogP contribution in [-0.4, -0.2) is 61.5 Å². The maximum Gasteiger partial charge on any atom is 0.308 e. The number of esters is 1. The minimum atomic E-state index is -0.109. The SMILES string of the molecule is COC(=O)C1CCN(CC(=O)N2CCCCC2)CC1. The van der Waals surface area contributed by atoms with E-state index in [-0.39, 0.29) is 17.8 Å². The van der Waals surface area contributed by atoms with Crippen molar-refractivity contribution in [2.75, 3.05) is 39.8 Å². The fourth-order valence-electron chi connectivity index (χ4n) is 2.93. The summed E-state index contributed by atoms with van der Waals surface area (Å²) < 4.78 is 4.77. The fraction of sp³-hybridized carbons (Fsp3) is 0.857. The van der Waals surface area contributed by atoms with Crippen molar-refractivity contribution >= 4 is 11.9 Å². The number of carbonyl (C=O) groups is 2. The molecule has 2 aliphatic heterocycles. The Morgan fingerprint density at radius 2 is 1.68 bits per heavy atom. The smallest absolute Gasteiger partial charge is 0.308 e. The minimum Gasteiger partial charge on any atom is -0.469 e. The molecule has 1 amide bonds. The van der Waals surface area contributed by atoms with Crippen LogP contribution in [0.25, 0.3) is 0 Å². The quantitative estimate of drug-likeness (QED) is 0.713. The number of rotatable bonds is 3. The number of carbonyl (C=O) groups excluding carboxylic acids is 2. The van der Waals surface area contributed by atoms with Gasteiger partial charge in [0.25, 0.3) is 0 Å². The van der Waals surface area contributed by atoms with Crippen molar-refractivity contribution in [3.05, 3.63) is 0 Å². The maximum atomic E-state index is 12.1. The van der Waals surface area contributed by atoms with E-state index in [1.54, 1.807) is 0 Å². The molecule has 19 heavy (non-hydrogen) atoms. The van der Waals surface area contributed by atoms with E-state index in [0.717, 1.165) is 51.9 Å². The highest BCUT2D eigenvalue weighted by Gasteiger charge is 2.27. The highest BCUT2D eigenvalue weighted by Crippen LogP contribution is 2.18. The van der Waals surface area contributed by atoms with E-state index in [9.17, 15) is 9.59 Å². The van der Waals surface area contributed by atoms with Crippen LogP contribution in [0.1, 0.15) is 32.1 Å². The van der Waals surface area contributed by atoms with E-state index in [2.05, 4.69) is 4.90 Å². The van der Waals surface area contributed by atoms with E-state index >= 15 is 0 Å². The highest BCUT2D eigenvalue weighted by molar-refractivity contribution is 5.78. The largest absolute Gasteiger partial charge is 0.469 e. The summed E-state index contributed by atoms with van der Waals surface area (Å²) in [6, 6.07) is 0. The molecule has 0 aromatic rings. The van der Waals surface area contributed by atoms with Crippen LogP contribution in [0, 0.1) is 5.92 Å². The van der Waals surface area contributed by atoms with E-state index in [0.29, 0.717) is 6.54 Å². The third kappa shape index (κ3) is 3.93. The third-order valence-electron chi connectivity index (χ3n) is 4.19. The van der Waals surface area contributed by atoms with Crippen molar-refractivity contribution in [3.63, 3.8) is 0 Å². The predicted octanol–water partition coefficient (Wildman–Crippen LogP) is 0.884. The maximum absolute atomic E-state index is 12.1. The van der Waals surface area contributed by atoms with Crippen LogP contribution in [0.15, 0.2) is 0 Å². The highest BCUT2D eigenvalue weighted by atomic mass is 16.5. The van der Waals surface area contributed by atoms with Gasteiger partial charge >= 0.3 is 5.97 Å². The summed E-state index contributed by atoms with van der Waals surface area (Å²) in [7, 11) is 1.44. The molecular formula is C14H24N2O3. The average Bonchev–Trinajstić information content (AvgIpc) is 2.48. The number of amides is 1. The summed E-state index contributed by atoms with van der Waals surface area (Å²) in [5, 5.41) is 0. The van der Waals surface area contributed by atoms with Gasteiger partial charge in [-0.15, -0.1) is 0 Å². The normalized spacial score (nSPS) is 22.3. The predicted molar refractivity (Wildman–Crippen MR) is 71.6 cm³/mol. The summed E-state index contributed by atoms with van der Waals surface area (Å²) in [5.74, 6) is 0.157. The zero-order chi connectivity index (χ0) is 13.7. The molecule has 2 rings (SSSR count). The van der Waals surface area contributed by atoms with Crippen LogP contribution in [0.3, 0.4) is 0 Å². The van der Waals surface area contributed by atoms with Crippen LogP contribution < -0.4 is 0 Å². The summed E-state index contributed by atoms with van der Waals surface area (Å²) in [4.78, 5) is 27.7. The summed E-state index contributed by atoms with van der Waals surface area (Å²) in [5.41, 5.74) is 0. The van der Waals surface area contributed by atoms with Gasteiger partial charge in [-0.2, -0.15) is 0 Å². The Bertz CT molecular complexity index is 319. The van der Waals surface area contributed by atoms with Gasteiger partial charge in [-0.25, -0.2) is 0 Å². The van der Waals surface area contributed by atoms with Gasteiger partial charge in [0.15, 0.2) is 0 Å². The minimum absolute atomic E-state index is 0.0198. The molecule has 0 spiro atoms. The number of piperidine rings is 2. The molecule has 0 aromatic carbocycles. The lowest BCUT2D eigenvalue weighted by atomic mass is 9.97. The van der Waals surface area contributed by atoms with E-state index in [4.69, 9.17) is 4.74 Å². The van der Waals surface area contributed by atoms with Crippen LogP contribution in [0.5, 0.6) is 0 Å². The van der Waals surface area contributed by atoms with Crippen LogP contribution >= 0.6 is 0 Å². The van der Waals surface area contributed by atoms with Crippen molar-refractivity contribution in [2.45, 2.75) is 32.1 Å². The van der Waals surface area contributed by atoms with E-state index in [1.807, 2.05) is 4.90 Å². The van der Waals surface area contributed by atoms with Gasteiger partial charge < -0.3 is 9.64 Å². The molecule has 2 heterocycles. The number of likely N-dealkylation sites (tertiary alicyclic amines) is 2. The standard InChI is InChI=1S/C14H24N2O3/c1-19-14(18)12-5-9-15(10-6-12)11-13(17)16-7-3-2-4-8-16/h12H,2-11H2,1H3. The molecule has 0 saturated carbocycles. The fourth-order valence-corrected chi connectivity index (χ4v) is 2.93. The zero-order valence-electron chi connectivity index (χ0n) is 11.8. The monoisotopic (exact) mass is 268 g/mol. The number of hydrogen-bond donors (Lipinski definition) is 0. The summed E-state index contributed by atoms with van der Waals surface area (Å²) in [6.45, 7) is 3.97. The van der Waals surface area contributed by atoms with Crippen molar-refractivity contribution < 1.29 is 14.3 Å². The molecule has 0 bridgehead atoms. The molecule has 108 valence electrons. The molecule has 2 fully saturated rings. The van der Waals surface area contributed by atoms with Gasteiger partial charge in [0, 0.05) is 13.1 Å². The lowest BCUT2D eigenvalue weighted by Crippen LogP contribution is -2.45. The van der Waals surface area contributed by atoms with Crippen LogP contribution in [0.2, 0.25) is 0 Å². The van der Waals surface area contributed by atoms with Crippen LogP contribution in [-0.2, 0) is 14.3 Å². The second-order valence-electron chi connectivity index (χ2n) is 5.52. The Balaban J connectivity index is 1.72. The topological polar surface area (TPSA) is 49.9 Å². The molecule has 2 aliphatic rings. The molecule has 2 saturated heterocycles.